The maximum Gasteiger partial charge on any atom is 0.0633 e. The van der Waals surface area contributed by atoms with E-state index >= 15 is 0 Å². The lowest BCUT2D eigenvalue weighted by Gasteiger charge is -2.32. The molecule has 1 aliphatic rings. The van der Waals surface area contributed by atoms with Crippen LogP contribution in [0.15, 0.2) is 41.4 Å². The van der Waals surface area contributed by atoms with Crippen molar-refractivity contribution in [3.05, 3.63) is 64.2 Å². The molecule has 2 atom stereocenters. The summed E-state index contributed by atoms with van der Waals surface area (Å²) in [5.74, 6) is 0.449. The monoisotopic (exact) mass is 319 g/mol. The van der Waals surface area contributed by atoms with Crippen molar-refractivity contribution in [3.8, 4) is 0 Å². The summed E-state index contributed by atoms with van der Waals surface area (Å²) in [6.45, 7) is 4.35. The molecule has 0 radical (unpaired) electrons. The molecule has 0 spiro atoms. The number of benzene rings is 2. The molecular weight excluding hydrogens is 294 g/mol. The fourth-order valence-electron chi connectivity index (χ4n) is 3.66. The van der Waals surface area contributed by atoms with Crippen LogP contribution in [0.4, 0.5) is 5.69 Å². The van der Waals surface area contributed by atoms with Gasteiger partial charge in [-0.2, -0.15) is 0 Å². The highest BCUT2D eigenvalue weighted by Crippen LogP contribution is 2.42. The van der Waals surface area contributed by atoms with Gasteiger partial charge in [0.15, 0.2) is 0 Å². The van der Waals surface area contributed by atoms with Crippen molar-refractivity contribution >= 4 is 18.1 Å². The van der Waals surface area contributed by atoms with Crippen molar-refractivity contribution in [1.29, 1.82) is 5.41 Å². The second kappa shape index (κ2) is 7.10. The third-order valence-corrected chi connectivity index (χ3v) is 5.15. The third kappa shape index (κ3) is 3.17. The number of fused-ring (bicyclic) bond motifs is 1. The standard InChI is InChI=1S/C21H25N3/c1-14-4-5-16(12-15(14)2)18-8-9-21(23-3)20-13-17(24-11-10-22)6-7-19(18)20/h4-7,10-13,18,21-23H,8-9H2,1-3H3/t18-,21-/m0/s1. The normalized spacial score (nSPS) is 20.1. The van der Waals surface area contributed by atoms with Crippen molar-refractivity contribution < 1.29 is 0 Å². The molecule has 1 aliphatic carbocycles. The van der Waals surface area contributed by atoms with Gasteiger partial charge in [-0.15, -0.1) is 0 Å². The van der Waals surface area contributed by atoms with Crippen LogP contribution in [0.5, 0.6) is 0 Å². The quantitative estimate of drug-likeness (QED) is 0.778. The molecule has 0 saturated heterocycles. The minimum atomic E-state index is 0.373. The van der Waals surface area contributed by atoms with Gasteiger partial charge in [-0.05, 0) is 73.7 Å². The van der Waals surface area contributed by atoms with Gasteiger partial charge in [-0.25, -0.2) is 0 Å². The summed E-state index contributed by atoms with van der Waals surface area (Å²) in [5, 5.41) is 10.6. The first-order chi connectivity index (χ1) is 11.6. The Kier molecular flexibility index (Phi) is 4.91. The van der Waals surface area contributed by atoms with Crippen LogP contribution in [0.25, 0.3) is 0 Å². The number of hydrogen-bond donors (Lipinski definition) is 2. The number of hydrogen-bond acceptors (Lipinski definition) is 3. The fourth-order valence-corrected chi connectivity index (χ4v) is 3.66. The number of rotatable bonds is 4. The second-order valence-corrected chi connectivity index (χ2v) is 6.57. The molecule has 0 fully saturated rings. The van der Waals surface area contributed by atoms with E-state index in [0.717, 1.165) is 18.5 Å². The zero-order valence-corrected chi connectivity index (χ0v) is 14.6. The maximum absolute atomic E-state index is 7.11. The Hall–Kier alpha value is -2.26. The molecule has 0 heterocycles. The van der Waals surface area contributed by atoms with Crippen molar-refractivity contribution in [2.24, 2.45) is 4.99 Å². The lowest BCUT2D eigenvalue weighted by atomic mass is 9.76. The highest BCUT2D eigenvalue weighted by molar-refractivity contribution is 6.15. The van der Waals surface area contributed by atoms with E-state index in [1.54, 1.807) is 0 Å². The molecule has 124 valence electrons. The van der Waals surface area contributed by atoms with Gasteiger partial charge in [-0.1, -0.05) is 24.3 Å². The van der Waals surface area contributed by atoms with E-state index in [9.17, 15) is 0 Å². The molecule has 2 aromatic rings. The predicted octanol–water partition coefficient (Wildman–Crippen LogP) is 4.84. The van der Waals surface area contributed by atoms with Crippen molar-refractivity contribution in [3.63, 3.8) is 0 Å². The van der Waals surface area contributed by atoms with Crippen LogP contribution in [0, 0.1) is 19.3 Å². The zero-order valence-electron chi connectivity index (χ0n) is 14.6. The van der Waals surface area contributed by atoms with Gasteiger partial charge in [0.2, 0.25) is 0 Å². The highest BCUT2D eigenvalue weighted by Gasteiger charge is 2.27. The van der Waals surface area contributed by atoms with Crippen LogP contribution < -0.4 is 5.32 Å². The van der Waals surface area contributed by atoms with Crippen LogP contribution in [0.2, 0.25) is 0 Å². The van der Waals surface area contributed by atoms with Gasteiger partial charge in [0, 0.05) is 24.4 Å². The summed E-state index contributed by atoms with van der Waals surface area (Å²) in [6, 6.07) is 13.7. The van der Waals surface area contributed by atoms with Gasteiger partial charge < -0.3 is 10.7 Å². The minimum Gasteiger partial charge on any atom is -0.313 e. The average Bonchev–Trinajstić information content (AvgIpc) is 2.61. The van der Waals surface area contributed by atoms with E-state index < -0.39 is 0 Å². The highest BCUT2D eigenvalue weighted by atomic mass is 14.9. The molecular formula is C21H25N3. The summed E-state index contributed by atoms with van der Waals surface area (Å²) in [4.78, 5) is 4.33. The minimum absolute atomic E-state index is 0.373. The van der Waals surface area contributed by atoms with E-state index in [4.69, 9.17) is 5.41 Å². The van der Waals surface area contributed by atoms with E-state index in [0.29, 0.717) is 12.0 Å². The van der Waals surface area contributed by atoms with Gasteiger partial charge in [0.05, 0.1) is 5.69 Å². The molecule has 3 heteroatoms. The Morgan fingerprint density at radius 3 is 2.58 bits per heavy atom. The maximum atomic E-state index is 7.11. The number of aryl methyl sites for hydroxylation is 2. The largest absolute Gasteiger partial charge is 0.313 e. The number of nitrogens with one attached hydrogen (secondary N) is 2. The smallest absolute Gasteiger partial charge is 0.0633 e. The van der Waals surface area contributed by atoms with Crippen LogP contribution in [-0.4, -0.2) is 19.5 Å². The van der Waals surface area contributed by atoms with Crippen molar-refractivity contribution in [2.45, 2.75) is 38.6 Å². The summed E-state index contributed by atoms with van der Waals surface area (Å²) < 4.78 is 0. The van der Waals surface area contributed by atoms with E-state index in [-0.39, 0.29) is 0 Å². The van der Waals surface area contributed by atoms with Gasteiger partial charge >= 0.3 is 0 Å². The summed E-state index contributed by atoms with van der Waals surface area (Å²) >= 11 is 0. The third-order valence-electron chi connectivity index (χ3n) is 5.15. The lowest BCUT2D eigenvalue weighted by molar-refractivity contribution is 0.471. The first kappa shape index (κ1) is 16.6. The Morgan fingerprint density at radius 1 is 1.04 bits per heavy atom. The van der Waals surface area contributed by atoms with Crippen molar-refractivity contribution in [1.82, 2.24) is 5.32 Å². The van der Waals surface area contributed by atoms with E-state index in [1.165, 1.54) is 40.2 Å². The molecule has 24 heavy (non-hydrogen) atoms. The molecule has 2 aromatic carbocycles. The van der Waals surface area contributed by atoms with Gasteiger partial charge in [-0.3, -0.25) is 4.99 Å². The summed E-state index contributed by atoms with van der Waals surface area (Å²) in [5.41, 5.74) is 7.77. The van der Waals surface area contributed by atoms with Crippen LogP contribution in [0.1, 0.15) is 52.6 Å². The Morgan fingerprint density at radius 2 is 1.88 bits per heavy atom. The summed E-state index contributed by atoms with van der Waals surface area (Å²) in [6.07, 6.45) is 5.02. The number of nitrogens with zero attached hydrogens (tertiary/aromatic N) is 1. The van der Waals surface area contributed by atoms with Crippen LogP contribution >= 0.6 is 0 Å². The topological polar surface area (TPSA) is 48.2 Å². The Labute approximate surface area is 144 Å². The van der Waals surface area contributed by atoms with Crippen molar-refractivity contribution in [2.75, 3.05) is 7.05 Å². The van der Waals surface area contributed by atoms with Gasteiger partial charge in [0.1, 0.15) is 0 Å². The molecule has 0 amide bonds. The van der Waals surface area contributed by atoms with Crippen LogP contribution in [-0.2, 0) is 0 Å². The zero-order chi connectivity index (χ0) is 17.1. The summed E-state index contributed by atoms with van der Waals surface area (Å²) in [7, 11) is 2.03. The fraction of sp³-hybridized carbons (Fsp3) is 0.333. The van der Waals surface area contributed by atoms with Crippen LogP contribution in [0.3, 0.4) is 0 Å². The molecule has 3 nitrogen and oxygen atoms in total. The molecule has 0 saturated carbocycles. The lowest BCUT2D eigenvalue weighted by Crippen LogP contribution is -2.24. The molecule has 0 bridgehead atoms. The second-order valence-electron chi connectivity index (χ2n) is 6.57. The Balaban J connectivity index is 2.05. The Bertz CT molecular complexity index is 777. The van der Waals surface area contributed by atoms with Gasteiger partial charge in [0.25, 0.3) is 0 Å². The van der Waals surface area contributed by atoms with E-state index in [1.807, 2.05) is 7.05 Å². The molecule has 0 unspecified atom stereocenters. The molecule has 2 N–H and O–H groups in total. The molecule has 0 aliphatic heterocycles. The average molecular weight is 319 g/mol. The predicted molar refractivity (Wildman–Crippen MR) is 102 cm³/mol. The molecule has 0 aromatic heterocycles. The molecule has 3 rings (SSSR count). The first-order valence-corrected chi connectivity index (χ1v) is 8.55. The SMILES string of the molecule is CN[C@H]1CC[C@@H](c2ccc(C)c(C)c2)c2ccc(N=CC=N)cc21. The first-order valence-electron chi connectivity index (χ1n) is 8.55. The van der Waals surface area contributed by atoms with E-state index in [2.05, 4.69) is 60.6 Å². The number of aliphatic imine (C=N–C) groups is 1.